The normalized spacial score (nSPS) is 12.4. The van der Waals surface area contributed by atoms with Crippen LogP contribution in [0.1, 0.15) is 12.8 Å². The van der Waals surface area contributed by atoms with E-state index in [2.05, 4.69) is 10.5 Å². The van der Waals surface area contributed by atoms with Crippen LogP contribution in [0, 0.1) is 0 Å². The molecule has 0 saturated heterocycles. The maximum atomic E-state index is 10.3. The minimum absolute atomic E-state index is 0.271. The largest absolute Gasteiger partial charge is 0.481 e. The molecule has 3 atom stereocenters. The van der Waals surface area contributed by atoms with Crippen molar-refractivity contribution in [1.82, 2.24) is 0 Å². The third-order valence-corrected chi connectivity index (χ3v) is 2.36. The van der Waals surface area contributed by atoms with Crippen LogP contribution in [-0.2, 0) is 33.5 Å². The van der Waals surface area contributed by atoms with Crippen LogP contribution in [0.3, 0.4) is 0 Å². The van der Waals surface area contributed by atoms with Gasteiger partial charge in [-0.2, -0.15) is 0 Å². The van der Waals surface area contributed by atoms with Crippen molar-refractivity contribution in [2.24, 2.45) is 28.7 Å². The number of carboxylic acids is 4. The lowest BCUT2D eigenvalue weighted by Crippen LogP contribution is -2.36. The molecule has 16 heteroatoms. The lowest BCUT2D eigenvalue weighted by molar-refractivity contribution is -0.147. The zero-order chi connectivity index (χ0) is 23.7. The van der Waals surface area contributed by atoms with Crippen LogP contribution in [-0.4, -0.2) is 87.5 Å². The van der Waals surface area contributed by atoms with Gasteiger partial charge in [-0.3, -0.25) is 28.8 Å². The van der Waals surface area contributed by atoms with E-state index in [1.807, 2.05) is 0 Å². The molecule has 0 rings (SSSR count). The topological polar surface area (TPSA) is 323 Å². The summed E-state index contributed by atoms with van der Waals surface area (Å²) in [5.41, 5.74) is 24.3. The number of nitrogens with two attached hydrogens (primary N) is 5. The Morgan fingerprint density at radius 1 is 0.724 bits per heavy atom. The molecule has 0 aliphatic rings. The Morgan fingerprint density at radius 2 is 1.10 bits per heavy atom. The Labute approximate surface area is 163 Å². The lowest BCUT2D eigenvalue weighted by Gasteiger charge is -2.05. The first kappa shape index (κ1) is 30.4. The molecule has 0 spiro atoms. The van der Waals surface area contributed by atoms with Gasteiger partial charge in [0.25, 0.3) is 0 Å². The molecule has 0 aromatic carbocycles. The number of carbonyl (C=O) groups excluding carboxylic acids is 2. The number of amides is 1. The fourth-order valence-corrected chi connectivity index (χ4v) is 0.892. The summed E-state index contributed by atoms with van der Waals surface area (Å²) in [6.07, 6.45) is -0.843. The van der Waals surface area contributed by atoms with Gasteiger partial charge in [0.2, 0.25) is 5.91 Å². The maximum absolute atomic E-state index is 10.3. The predicted octanol–water partition coefficient (Wildman–Crippen LogP) is -4.95. The van der Waals surface area contributed by atoms with E-state index in [9.17, 15) is 28.8 Å². The highest BCUT2D eigenvalue weighted by Gasteiger charge is 2.15. The Kier molecular flexibility index (Phi) is 17.6. The summed E-state index contributed by atoms with van der Waals surface area (Å²) in [5, 5.41) is 32.4. The number of aliphatic carboxylic acids is 4. The number of carbonyl (C=O) groups is 6. The van der Waals surface area contributed by atoms with Crippen LogP contribution in [0.5, 0.6) is 0 Å². The fourth-order valence-electron chi connectivity index (χ4n) is 0.892. The Morgan fingerprint density at radius 3 is 1.31 bits per heavy atom. The second-order valence-electron chi connectivity index (χ2n) is 4.99. The van der Waals surface area contributed by atoms with Crippen LogP contribution in [0.15, 0.2) is 0 Å². The van der Waals surface area contributed by atoms with E-state index >= 15 is 0 Å². The molecular formula is C13H25N5O11. The molecule has 29 heavy (non-hydrogen) atoms. The molecule has 168 valence electrons. The van der Waals surface area contributed by atoms with Crippen LogP contribution in [0.2, 0.25) is 0 Å². The summed E-state index contributed by atoms with van der Waals surface area (Å²) < 4.78 is 4.34. The molecule has 0 saturated carbocycles. The van der Waals surface area contributed by atoms with E-state index < -0.39 is 60.3 Å². The van der Waals surface area contributed by atoms with Gasteiger partial charge in [-0.25, -0.2) is 0 Å². The Balaban J connectivity index is -0.000000352. The summed E-state index contributed by atoms with van der Waals surface area (Å²) in [7, 11) is 0. The Hall–Kier alpha value is -3.34. The lowest BCUT2D eigenvalue weighted by atomic mass is 10.2. The minimum atomic E-state index is -1.29. The highest BCUT2D eigenvalue weighted by Crippen LogP contribution is 1.86. The van der Waals surface area contributed by atoms with E-state index in [1.165, 1.54) is 0 Å². The molecule has 16 nitrogen and oxygen atoms in total. The van der Waals surface area contributed by atoms with E-state index in [0.29, 0.717) is 0 Å². The van der Waals surface area contributed by atoms with Crippen molar-refractivity contribution >= 4 is 35.8 Å². The first-order valence-electron chi connectivity index (χ1n) is 7.46. The molecule has 0 aromatic heterocycles. The van der Waals surface area contributed by atoms with Crippen molar-refractivity contribution in [3.8, 4) is 0 Å². The van der Waals surface area contributed by atoms with Crippen LogP contribution in [0.4, 0.5) is 0 Å². The molecule has 0 bridgehead atoms. The van der Waals surface area contributed by atoms with Gasteiger partial charge in [-0.05, 0) is 0 Å². The zero-order valence-corrected chi connectivity index (χ0v) is 15.1. The van der Waals surface area contributed by atoms with Gasteiger partial charge in [0, 0.05) is 0 Å². The standard InChI is InChI=1S/C5H10N2O4.C4H8N2O3.C4H7NO4/c6-1-4(8)11-2-3(7)5(9)10;2*5-2(4(8)9)1-3(6)7/h3H,1-2,6-7H2,(H,9,10);2H,1,5H2,(H2,6,7)(H,8,9);2H,1,5H2,(H,6,7)(H,8,9). The van der Waals surface area contributed by atoms with Gasteiger partial charge >= 0.3 is 29.8 Å². The number of rotatable bonds is 10. The average Bonchev–Trinajstić information content (AvgIpc) is 2.58. The minimum Gasteiger partial charge on any atom is -0.481 e. The van der Waals surface area contributed by atoms with Gasteiger partial charge in [-0.15, -0.1) is 0 Å². The summed E-state index contributed by atoms with van der Waals surface area (Å²) in [6, 6.07) is -3.63. The summed E-state index contributed by atoms with van der Waals surface area (Å²) >= 11 is 0. The van der Waals surface area contributed by atoms with Crippen molar-refractivity contribution in [3.63, 3.8) is 0 Å². The number of carboxylic acid groups (broad SMARTS) is 4. The summed E-state index contributed by atoms with van der Waals surface area (Å²) in [4.78, 5) is 59.9. The molecule has 0 heterocycles. The van der Waals surface area contributed by atoms with Gasteiger partial charge in [0.05, 0.1) is 19.4 Å². The third kappa shape index (κ3) is 22.6. The number of hydrogen-bond donors (Lipinski definition) is 9. The van der Waals surface area contributed by atoms with Crippen molar-refractivity contribution in [2.75, 3.05) is 13.2 Å². The van der Waals surface area contributed by atoms with Crippen molar-refractivity contribution in [3.05, 3.63) is 0 Å². The van der Waals surface area contributed by atoms with Gasteiger partial charge < -0.3 is 53.8 Å². The van der Waals surface area contributed by atoms with E-state index in [4.69, 9.17) is 43.4 Å². The van der Waals surface area contributed by atoms with Gasteiger partial charge in [0.1, 0.15) is 24.7 Å². The second-order valence-corrected chi connectivity index (χ2v) is 4.99. The van der Waals surface area contributed by atoms with Gasteiger partial charge in [0.15, 0.2) is 0 Å². The highest BCUT2D eigenvalue weighted by atomic mass is 16.5. The monoisotopic (exact) mass is 427 g/mol. The van der Waals surface area contributed by atoms with Crippen LogP contribution < -0.4 is 28.7 Å². The van der Waals surface area contributed by atoms with Crippen molar-refractivity contribution < 1.29 is 53.9 Å². The predicted molar refractivity (Wildman–Crippen MR) is 92.9 cm³/mol. The van der Waals surface area contributed by atoms with E-state index in [-0.39, 0.29) is 19.6 Å². The SMILES string of the molecule is NC(=O)CC(N)C(=O)O.NC(CC(=O)O)C(=O)O.NCC(=O)OCC(N)C(=O)O. The van der Waals surface area contributed by atoms with Crippen molar-refractivity contribution in [1.29, 1.82) is 0 Å². The first-order valence-corrected chi connectivity index (χ1v) is 7.46. The third-order valence-electron chi connectivity index (χ3n) is 2.36. The number of ether oxygens (including phenoxy) is 1. The van der Waals surface area contributed by atoms with Gasteiger partial charge in [-0.1, -0.05) is 0 Å². The second kappa shape index (κ2) is 16.8. The van der Waals surface area contributed by atoms with E-state index in [1.54, 1.807) is 0 Å². The zero-order valence-electron chi connectivity index (χ0n) is 15.1. The molecule has 14 N–H and O–H groups in total. The van der Waals surface area contributed by atoms with Crippen LogP contribution in [0.25, 0.3) is 0 Å². The number of primary amides is 1. The van der Waals surface area contributed by atoms with Crippen molar-refractivity contribution in [2.45, 2.75) is 31.0 Å². The molecule has 3 unspecified atom stereocenters. The molecule has 1 amide bonds. The maximum Gasteiger partial charge on any atom is 0.324 e. The van der Waals surface area contributed by atoms with Crippen LogP contribution >= 0.6 is 0 Å². The molecule has 0 radical (unpaired) electrons. The molecule has 0 aliphatic carbocycles. The molecular weight excluding hydrogens is 402 g/mol. The quantitative estimate of drug-likeness (QED) is 0.147. The molecule has 0 aliphatic heterocycles. The summed E-state index contributed by atoms with van der Waals surface area (Å²) in [6.45, 7) is -0.613. The molecule has 0 aromatic rings. The number of hydrogen-bond acceptors (Lipinski definition) is 11. The first-order chi connectivity index (χ1) is 13.1. The molecule has 0 fully saturated rings. The highest BCUT2D eigenvalue weighted by molar-refractivity contribution is 5.83. The van der Waals surface area contributed by atoms with E-state index in [0.717, 1.165) is 0 Å². The fraction of sp³-hybridized carbons (Fsp3) is 0.538. The smallest absolute Gasteiger partial charge is 0.324 e. The average molecular weight is 427 g/mol. The number of esters is 1. The summed E-state index contributed by atoms with van der Waals surface area (Å²) in [5.74, 6) is -6.29. The Bertz CT molecular complexity index is 551.